The van der Waals surface area contributed by atoms with Crippen molar-refractivity contribution in [3.05, 3.63) is 57.6 Å². The molecular weight excluding hydrogens is 353 g/mol. The fraction of sp³-hybridized carbons (Fsp3) is 0. The molecule has 0 bridgehead atoms. The number of fused-ring (bicyclic) bond motifs is 1. The maximum absolute atomic E-state index is 13.6. The molecule has 112 valence electrons. The van der Waals surface area contributed by atoms with Crippen LogP contribution in [-0.4, -0.2) is 10.9 Å². The molecule has 0 atom stereocenters. The van der Waals surface area contributed by atoms with Gasteiger partial charge in [0.1, 0.15) is 11.6 Å². The van der Waals surface area contributed by atoms with Gasteiger partial charge >= 0.3 is 0 Å². The summed E-state index contributed by atoms with van der Waals surface area (Å²) >= 11 is 12.9. The highest BCUT2D eigenvalue weighted by atomic mass is 35.5. The molecule has 3 rings (SSSR count). The Morgan fingerprint density at radius 3 is 2.64 bits per heavy atom. The van der Waals surface area contributed by atoms with Gasteiger partial charge in [-0.15, -0.1) is 0 Å². The summed E-state index contributed by atoms with van der Waals surface area (Å²) < 4.78 is 27.4. The lowest BCUT2D eigenvalue weighted by molar-refractivity contribution is 0.102. The van der Waals surface area contributed by atoms with E-state index in [-0.39, 0.29) is 5.13 Å². The highest BCUT2D eigenvalue weighted by Crippen LogP contribution is 2.33. The van der Waals surface area contributed by atoms with Crippen LogP contribution in [0.1, 0.15) is 10.4 Å². The molecule has 0 saturated heterocycles. The summed E-state index contributed by atoms with van der Waals surface area (Å²) in [5.41, 5.74) is 0.157. The van der Waals surface area contributed by atoms with Crippen LogP contribution in [-0.2, 0) is 0 Å². The standard InChI is InChI=1S/C14H6Cl2F2N2OS/c15-8-4-11-12(5-9(8)16)22-14(19-11)20-13(21)7-3-6(17)1-2-10(7)18/h1-5H,(H,19,20,21). The quantitative estimate of drug-likeness (QED) is 0.689. The van der Waals surface area contributed by atoms with Crippen molar-refractivity contribution in [1.29, 1.82) is 0 Å². The van der Waals surface area contributed by atoms with Crippen molar-refractivity contribution < 1.29 is 13.6 Å². The van der Waals surface area contributed by atoms with E-state index >= 15 is 0 Å². The molecule has 1 amide bonds. The summed E-state index contributed by atoms with van der Waals surface area (Å²) in [7, 11) is 0. The zero-order valence-electron chi connectivity index (χ0n) is 10.7. The van der Waals surface area contributed by atoms with Crippen LogP contribution < -0.4 is 5.32 Å². The smallest absolute Gasteiger partial charge is 0.260 e. The van der Waals surface area contributed by atoms with Crippen LogP contribution in [0, 0.1) is 11.6 Å². The zero-order chi connectivity index (χ0) is 15.9. The predicted octanol–water partition coefficient (Wildman–Crippen LogP) is 5.13. The third-order valence-electron chi connectivity index (χ3n) is 2.82. The number of hydrogen-bond donors (Lipinski definition) is 1. The fourth-order valence-electron chi connectivity index (χ4n) is 1.81. The maximum Gasteiger partial charge on any atom is 0.260 e. The van der Waals surface area contributed by atoms with Gasteiger partial charge in [0.05, 0.1) is 25.8 Å². The van der Waals surface area contributed by atoms with Crippen LogP contribution in [0.3, 0.4) is 0 Å². The van der Waals surface area contributed by atoms with Crippen LogP contribution in [0.15, 0.2) is 30.3 Å². The normalized spacial score (nSPS) is 10.9. The second kappa shape index (κ2) is 5.79. The van der Waals surface area contributed by atoms with Crippen molar-refractivity contribution in [2.75, 3.05) is 5.32 Å². The van der Waals surface area contributed by atoms with Gasteiger partial charge in [-0.3, -0.25) is 10.1 Å². The fourth-order valence-corrected chi connectivity index (χ4v) is 3.08. The number of aromatic nitrogens is 1. The van der Waals surface area contributed by atoms with Crippen molar-refractivity contribution in [3.63, 3.8) is 0 Å². The second-order valence-electron chi connectivity index (χ2n) is 4.33. The summed E-state index contributed by atoms with van der Waals surface area (Å²) in [6.45, 7) is 0. The van der Waals surface area contributed by atoms with Gasteiger partial charge < -0.3 is 0 Å². The molecule has 1 heterocycles. The predicted molar refractivity (Wildman–Crippen MR) is 84.0 cm³/mol. The zero-order valence-corrected chi connectivity index (χ0v) is 13.0. The van der Waals surface area contributed by atoms with E-state index in [9.17, 15) is 13.6 Å². The van der Waals surface area contributed by atoms with Gasteiger partial charge in [-0.1, -0.05) is 34.5 Å². The van der Waals surface area contributed by atoms with Gasteiger partial charge in [-0.25, -0.2) is 13.8 Å². The summed E-state index contributed by atoms with van der Waals surface area (Å²) in [5.74, 6) is -2.30. The van der Waals surface area contributed by atoms with Gasteiger partial charge in [-0.05, 0) is 30.3 Å². The topological polar surface area (TPSA) is 42.0 Å². The molecule has 0 saturated carbocycles. The van der Waals surface area contributed by atoms with Crippen molar-refractivity contribution in [1.82, 2.24) is 4.98 Å². The Balaban J connectivity index is 1.92. The van der Waals surface area contributed by atoms with Gasteiger partial charge in [0.25, 0.3) is 5.91 Å². The first-order chi connectivity index (χ1) is 10.4. The average molecular weight is 359 g/mol. The average Bonchev–Trinajstić information content (AvgIpc) is 2.83. The molecule has 3 nitrogen and oxygen atoms in total. The summed E-state index contributed by atoms with van der Waals surface area (Å²) in [6, 6.07) is 5.84. The van der Waals surface area contributed by atoms with E-state index in [1.54, 1.807) is 12.1 Å². The summed E-state index contributed by atoms with van der Waals surface area (Å²) in [5, 5.41) is 3.38. The molecule has 0 unspecified atom stereocenters. The lowest BCUT2D eigenvalue weighted by atomic mass is 10.2. The molecule has 3 aromatic rings. The lowest BCUT2D eigenvalue weighted by Gasteiger charge is -2.02. The molecule has 2 aromatic carbocycles. The minimum atomic E-state index is -0.814. The van der Waals surface area contributed by atoms with Gasteiger partial charge in [0.2, 0.25) is 0 Å². The van der Waals surface area contributed by atoms with E-state index in [1.165, 1.54) is 0 Å². The second-order valence-corrected chi connectivity index (χ2v) is 6.18. The Morgan fingerprint density at radius 1 is 1.14 bits per heavy atom. The molecule has 22 heavy (non-hydrogen) atoms. The number of nitrogens with one attached hydrogen (secondary N) is 1. The van der Waals surface area contributed by atoms with Crippen molar-refractivity contribution in [2.24, 2.45) is 0 Å². The SMILES string of the molecule is O=C(Nc1nc2cc(Cl)c(Cl)cc2s1)c1cc(F)ccc1F. The number of rotatable bonds is 2. The van der Waals surface area contributed by atoms with Crippen LogP contribution in [0.25, 0.3) is 10.2 Å². The number of hydrogen-bond acceptors (Lipinski definition) is 3. The lowest BCUT2D eigenvalue weighted by Crippen LogP contribution is -2.13. The third kappa shape index (κ3) is 2.90. The minimum absolute atomic E-state index is 0.238. The van der Waals surface area contributed by atoms with E-state index in [0.29, 0.717) is 20.3 Å². The third-order valence-corrected chi connectivity index (χ3v) is 4.48. The number of halogens is 4. The number of amides is 1. The number of thiazole rings is 1. The molecule has 0 aliphatic rings. The Kier molecular flexibility index (Phi) is 3.99. The highest BCUT2D eigenvalue weighted by Gasteiger charge is 2.15. The summed E-state index contributed by atoms with van der Waals surface area (Å²) in [4.78, 5) is 16.2. The first-order valence-electron chi connectivity index (χ1n) is 5.96. The highest BCUT2D eigenvalue weighted by molar-refractivity contribution is 7.22. The van der Waals surface area contributed by atoms with Crippen LogP contribution in [0.4, 0.5) is 13.9 Å². The van der Waals surface area contributed by atoms with Gasteiger partial charge in [-0.2, -0.15) is 0 Å². The Morgan fingerprint density at radius 2 is 1.86 bits per heavy atom. The first kappa shape index (κ1) is 15.1. The van der Waals surface area contributed by atoms with Crippen molar-refractivity contribution in [3.8, 4) is 0 Å². The van der Waals surface area contributed by atoms with Crippen molar-refractivity contribution >= 4 is 55.8 Å². The molecule has 0 aliphatic carbocycles. The molecule has 1 N–H and O–H groups in total. The van der Waals surface area contributed by atoms with Crippen molar-refractivity contribution in [2.45, 2.75) is 0 Å². The molecule has 0 spiro atoms. The minimum Gasteiger partial charge on any atom is -0.298 e. The summed E-state index contributed by atoms with van der Waals surface area (Å²) in [6.07, 6.45) is 0. The number of anilines is 1. The van der Waals surface area contributed by atoms with E-state index < -0.39 is 23.1 Å². The molecule has 0 aliphatic heterocycles. The van der Waals surface area contributed by atoms with E-state index in [2.05, 4.69) is 10.3 Å². The molecule has 1 aromatic heterocycles. The molecule has 0 radical (unpaired) electrons. The van der Waals surface area contributed by atoms with Crippen LogP contribution >= 0.6 is 34.5 Å². The Bertz CT molecular complexity index is 859. The van der Waals surface area contributed by atoms with E-state index in [1.807, 2.05) is 0 Å². The number of benzene rings is 2. The molecular formula is C14H6Cl2F2N2OS. The number of nitrogens with zero attached hydrogens (tertiary/aromatic N) is 1. The van der Waals surface area contributed by atoms with Gasteiger partial charge in [0.15, 0.2) is 5.13 Å². The van der Waals surface area contributed by atoms with Gasteiger partial charge in [0, 0.05) is 0 Å². The van der Waals surface area contributed by atoms with E-state index in [4.69, 9.17) is 23.2 Å². The van der Waals surface area contributed by atoms with Crippen LogP contribution in [0.5, 0.6) is 0 Å². The monoisotopic (exact) mass is 358 g/mol. The molecule has 8 heteroatoms. The Labute approximate surface area is 137 Å². The number of carbonyl (C=O) groups is 1. The molecule has 0 fully saturated rings. The Hall–Kier alpha value is -1.76. The van der Waals surface area contributed by atoms with E-state index in [0.717, 1.165) is 29.5 Å². The largest absolute Gasteiger partial charge is 0.298 e. The maximum atomic E-state index is 13.6. The first-order valence-corrected chi connectivity index (χ1v) is 7.53. The number of carbonyl (C=O) groups excluding carboxylic acids is 1. The van der Waals surface area contributed by atoms with Crippen LogP contribution in [0.2, 0.25) is 10.0 Å².